The highest BCUT2D eigenvalue weighted by Crippen LogP contribution is 2.35. The minimum absolute atomic E-state index is 0.152. The summed E-state index contributed by atoms with van der Waals surface area (Å²) in [6.45, 7) is 0.289. The van der Waals surface area contributed by atoms with Gasteiger partial charge in [0.25, 0.3) is 5.91 Å². The monoisotopic (exact) mass is 349 g/mol. The second-order valence-corrected chi connectivity index (χ2v) is 6.37. The van der Waals surface area contributed by atoms with E-state index in [1.54, 1.807) is 36.5 Å². The topological polar surface area (TPSA) is 75.6 Å². The lowest BCUT2D eigenvalue weighted by atomic mass is 10.0. The van der Waals surface area contributed by atoms with Gasteiger partial charge >= 0.3 is 0 Å². The Kier molecular flexibility index (Phi) is 4.26. The van der Waals surface area contributed by atoms with Crippen LogP contribution in [0.3, 0.4) is 0 Å². The van der Waals surface area contributed by atoms with Crippen LogP contribution in [0.5, 0.6) is 5.75 Å². The number of rotatable bonds is 3. The number of amides is 1. The second-order valence-electron chi connectivity index (χ2n) is 6.37. The van der Waals surface area contributed by atoms with E-state index in [-0.39, 0.29) is 18.5 Å². The Morgan fingerprint density at radius 1 is 1.19 bits per heavy atom. The van der Waals surface area contributed by atoms with E-state index >= 15 is 0 Å². The number of likely N-dealkylation sites (tertiary alicyclic amines) is 1. The Labute approximate surface area is 151 Å². The van der Waals surface area contributed by atoms with Gasteiger partial charge in [-0.25, -0.2) is 0 Å². The molecule has 0 radical (unpaired) electrons. The van der Waals surface area contributed by atoms with Gasteiger partial charge < -0.3 is 14.7 Å². The number of methoxy groups -OCH3 is 1. The van der Waals surface area contributed by atoms with E-state index in [4.69, 9.17) is 4.74 Å². The summed E-state index contributed by atoms with van der Waals surface area (Å²) < 4.78 is 5.30. The number of ether oxygens (including phenoxy) is 1. The number of hydrogen-bond donors (Lipinski definition) is 1. The van der Waals surface area contributed by atoms with Crippen molar-refractivity contribution >= 4 is 16.9 Å². The van der Waals surface area contributed by atoms with Crippen molar-refractivity contribution in [1.82, 2.24) is 14.9 Å². The number of para-hydroxylation sites is 1. The zero-order chi connectivity index (χ0) is 18.1. The maximum absolute atomic E-state index is 13.3. The summed E-state index contributed by atoms with van der Waals surface area (Å²) in [7, 11) is 1.61. The maximum atomic E-state index is 13.3. The fraction of sp³-hybridized carbons (Fsp3) is 0.250. The SMILES string of the molecule is COc1cccc([C@H]2C[C@H](O)CN2C(=O)c2cccc3nccnc23)c1. The average molecular weight is 349 g/mol. The van der Waals surface area contributed by atoms with Gasteiger partial charge in [-0.05, 0) is 36.2 Å². The van der Waals surface area contributed by atoms with Crippen molar-refractivity contribution < 1.29 is 14.6 Å². The molecule has 0 saturated carbocycles. The third-order valence-electron chi connectivity index (χ3n) is 4.75. The van der Waals surface area contributed by atoms with Crippen molar-refractivity contribution in [2.24, 2.45) is 0 Å². The number of aromatic nitrogens is 2. The fourth-order valence-electron chi connectivity index (χ4n) is 3.52. The Morgan fingerprint density at radius 2 is 2.00 bits per heavy atom. The van der Waals surface area contributed by atoms with Crippen LogP contribution in [0.25, 0.3) is 11.0 Å². The first-order valence-corrected chi connectivity index (χ1v) is 8.50. The van der Waals surface area contributed by atoms with Crippen molar-refractivity contribution in [3.63, 3.8) is 0 Å². The third kappa shape index (κ3) is 2.88. The summed E-state index contributed by atoms with van der Waals surface area (Å²) >= 11 is 0. The van der Waals surface area contributed by atoms with Gasteiger partial charge in [0.05, 0.1) is 30.3 Å². The van der Waals surface area contributed by atoms with Crippen molar-refractivity contribution in [2.45, 2.75) is 18.6 Å². The Hall–Kier alpha value is -2.99. The van der Waals surface area contributed by atoms with Gasteiger partial charge in [-0.2, -0.15) is 0 Å². The zero-order valence-electron chi connectivity index (χ0n) is 14.4. The number of β-amino-alcohol motifs (C(OH)–C–C–N with tert-alkyl or cyclic N) is 1. The van der Waals surface area contributed by atoms with Crippen LogP contribution in [0.15, 0.2) is 54.9 Å². The number of carbonyl (C=O) groups excluding carboxylic acids is 1. The second kappa shape index (κ2) is 6.72. The largest absolute Gasteiger partial charge is 0.497 e. The van der Waals surface area contributed by atoms with E-state index in [0.717, 1.165) is 11.3 Å². The highest BCUT2D eigenvalue weighted by atomic mass is 16.5. The van der Waals surface area contributed by atoms with E-state index in [1.165, 1.54) is 0 Å². The molecule has 1 fully saturated rings. The molecule has 1 N–H and O–H groups in total. The highest BCUT2D eigenvalue weighted by Gasteiger charge is 2.36. The molecule has 0 spiro atoms. The molecule has 2 atom stereocenters. The standard InChI is InChI=1S/C20H19N3O3/c1-26-15-5-2-4-13(10-15)18-11-14(24)12-23(18)20(25)16-6-3-7-17-19(16)22-9-8-21-17/h2-10,14,18,24H,11-12H2,1H3/t14-,18+/m0/s1. The van der Waals surface area contributed by atoms with E-state index in [1.807, 2.05) is 30.3 Å². The molecule has 0 bridgehead atoms. The summed E-state index contributed by atoms with van der Waals surface area (Å²) in [5.74, 6) is 0.577. The first-order chi connectivity index (χ1) is 12.7. The smallest absolute Gasteiger partial charge is 0.256 e. The van der Waals surface area contributed by atoms with Gasteiger partial charge in [-0.3, -0.25) is 14.8 Å². The summed E-state index contributed by atoms with van der Waals surface area (Å²) in [4.78, 5) is 23.6. The predicted molar refractivity (Wildman–Crippen MR) is 96.9 cm³/mol. The molecule has 4 rings (SSSR count). The van der Waals surface area contributed by atoms with E-state index in [0.29, 0.717) is 23.0 Å². The zero-order valence-corrected chi connectivity index (χ0v) is 14.4. The quantitative estimate of drug-likeness (QED) is 0.787. The molecule has 0 unspecified atom stereocenters. The number of hydrogen-bond acceptors (Lipinski definition) is 5. The van der Waals surface area contributed by atoms with Crippen LogP contribution < -0.4 is 4.74 Å². The Balaban J connectivity index is 1.73. The Bertz CT molecular complexity index is 954. The predicted octanol–water partition coefficient (Wildman–Crippen LogP) is 2.59. The first kappa shape index (κ1) is 16.5. The van der Waals surface area contributed by atoms with Crippen molar-refractivity contribution in [3.8, 4) is 5.75 Å². The van der Waals surface area contributed by atoms with Crippen LogP contribution in [-0.2, 0) is 0 Å². The number of fused-ring (bicyclic) bond motifs is 1. The number of benzene rings is 2. The summed E-state index contributed by atoms with van der Waals surface area (Å²) in [5.41, 5.74) is 2.69. The molecule has 26 heavy (non-hydrogen) atoms. The molecule has 2 aromatic carbocycles. The van der Waals surface area contributed by atoms with E-state index in [9.17, 15) is 9.90 Å². The molecule has 1 aliphatic rings. The Morgan fingerprint density at radius 3 is 2.85 bits per heavy atom. The molecule has 132 valence electrons. The molecule has 1 saturated heterocycles. The summed E-state index contributed by atoms with van der Waals surface area (Å²) in [6.07, 6.45) is 3.12. The summed E-state index contributed by atoms with van der Waals surface area (Å²) in [5, 5.41) is 10.2. The minimum atomic E-state index is -0.559. The lowest BCUT2D eigenvalue weighted by Crippen LogP contribution is -2.32. The average Bonchev–Trinajstić information content (AvgIpc) is 3.09. The first-order valence-electron chi connectivity index (χ1n) is 8.50. The van der Waals surface area contributed by atoms with Crippen molar-refractivity contribution in [1.29, 1.82) is 0 Å². The normalized spacial score (nSPS) is 19.7. The van der Waals surface area contributed by atoms with Crippen molar-refractivity contribution in [3.05, 3.63) is 66.0 Å². The number of carbonyl (C=O) groups is 1. The van der Waals surface area contributed by atoms with Crippen LogP contribution in [0.1, 0.15) is 28.4 Å². The minimum Gasteiger partial charge on any atom is -0.497 e. The van der Waals surface area contributed by atoms with Gasteiger partial charge in [0.2, 0.25) is 0 Å². The molecule has 1 aromatic heterocycles. The molecule has 3 aromatic rings. The molecule has 6 heteroatoms. The number of nitrogens with zero attached hydrogens (tertiary/aromatic N) is 3. The number of aliphatic hydroxyl groups is 1. The highest BCUT2D eigenvalue weighted by molar-refractivity contribution is 6.04. The molecule has 2 heterocycles. The lowest BCUT2D eigenvalue weighted by Gasteiger charge is -2.25. The van der Waals surface area contributed by atoms with E-state index in [2.05, 4.69) is 9.97 Å². The van der Waals surface area contributed by atoms with Gasteiger partial charge in [0, 0.05) is 18.9 Å². The van der Waals surface area contributed by atoms with Gasteiger partial charge in [-0.15, -0.1) is 0 Å². The maximum Gasteiger partial charge on any atom is 0.256 e. The van der Waals surface area contributed by atoms with Crippen LogP contribution in [0.2, 0.25) is 0 Å². The molecule has 1 amide bonds. The van der Waals surface area contributed by atoms with Crippen LogP contribution in [0.4, 0.5) is 0 Å². The molecular formula is C20H19N3O3. The molecular weight excluding hydrogens is 330 g/mol. The fourth-order valence-corrected chi connectivity index (χ4v) is 3.52. The van der Waals surface area contributed by atoms with Gasteiger partial charge in [0.15, 0.2) is 0 Å². The van der Waals surface area contributed by atoms with Gasteiger partial charge in [-0.1, -0.05) is 18.2 Å². The molecule has 6 nitrogen and oxygen atoms in total. The van der Waals surface area contributed by atoms with E-state index < -0.39 is 6.10 Å². The molecule has 0 aliphatic carbocycles. The summed E-state index contributed by atoms with van der Waals surface area (Å²) in [6, 6.07) is 12.8. The molecule has 1 aliphatic heterocycles. The lowest BCUT2D eigenvalue weighted by molar-refractivity contribution is 0.0717. The van der Waals surface area contributed by atoms with Crippen LogP contribution in [-0.4, -0.2) is 45.6 Å². The van der Waals surface area contributed by atoms with Crippen molar-refractivity contribution in [2.75, 3.05) is 13.7 Å². The van der Waals surface area contributed by atoms with Gasteiger partial charge in [0.1, 0.15) is 11.3 Å². The van der Waals surface area contributed by atoms with Crippen LogP contribution >= 0.6 is 0 Å². The van der Waals surface area contributed by atoms with Crippen LogP contribution in [0, 0.1) is 0 Å². The third-order valence-corrected chi connectivity index (χ3v) is 4.75. The number of aliphatic hydroxyl groups excluding tert-OH is 1.